The molecule has 0 radical (unpaired) electrons. The zero-order chi connectivity index (χ0) is 13.2. The summed E-state index contributed by atoms with van der Waals surface area (Å²) in [6.07, 6.45) is 1.34. The van der Waals surface area contributed by atoms with E-state index in [9.17, 15) is 4.79 Å². The molecule has 0 saturated carbocycles. The van der Waals surface area contributed by atoms with E-state index in [0.29, 0.717) is 6.42 Å². The normalized spacial score (nSPS) is 10.8. The predicted molar refractivity (Wildman–Crippen MR) is 79.0 cm³/mol. The Hall–Kier alpha value is -1.94. The summed E-state index contributed by atoms with van der Waals surface area (Å²) in [7, 11) is 0. The Morgan fingerprint density at radius 1 is 1.21 bits per heavy atom. The van der Waals surface area contributed by atoms with E-state index in [1.54, 1.807) is 0 Å². The molecule has 2 aromatic carbocycles. The Balaban J connectivity index is 2.08. The predicted octanol–water partition coefficient (Wildman–Crippen LogP) is 3.73. The molecule has 0 amide bonds. The van der Waals surface area contributed by atoms with Crippen LogP contribution in [0.25, 0.3) is 22.4 Å². The Morgan fingerprint density at radius 2 is 2.11 bits per heavy atom. The average Bonchev–Trinajstić information content (AvgIpc) is 2.82. The Bertz CT molecular complexity index is 749. The van der Waals surface area contributed by atoms with Gasteiger partial charge in [0.1, 0.15) is 12.1 Å². The number of fused-ring (bicyclic) bond motifs is 1. The zero-order valence-electron chi connectivity index (χ0n) is 10.1. The van der Waals surface area contributed by atoms with E-state index in [0.717, 1.165) is 38.7 Å². The lowest BCUT2D eigenvalue weighted by Gasteiger charge is -1.96. The largest absolute Gasteiger partial charge is 0.338 e. The fraction of sp³-hybridized carbons (Fsp3) is 0.0667. The highest BCUT2D eigenvalue weighted by Crippen LogP contribution is 2.23. The van der Waals surface area contributed by atoms with Crippen molar-refractivity contribution in [2.45, 2.75) is 6.42 Å². The zero-order valence-corrected chi connectivity index (χ0v) is 11.6. The summed E-state index contributed by atoms with van der Waals surface area (Å²) >= 11 is 3.45. The first kappa shape index (κ1) is 12.1. The van der Waals surface area contributed by atoms with Gasteiger partial charge in [-0.2, -0.15) is 0 Å². The molecule has 0 fully saturated rings. The maximum absolute atomic E-state index is 10.5. The lowest BCUT2D eigenvalue weighted by atomic mass is 10.1. The molecule has 19 heavy (non-hydrogen) atoms. The molecular formula is C15H11BrN2O. The van der Waals surface area contributed by atoms with Crippen LogP contribution in [0.2, 0.25) is 0 Å². The van der Waals surface area contributed by atoms with Crippen molar-refractivity contribution in [1.82, 2.24) is 9.97 Å². The topological polar surface area (TPSA) is 45.8 Å². The van der Waals surface area contributed by atoms with Gasteiger partial charge in [0.2, 0.25) is 0 Å². The fourth-order valence-electron chi connectivity index (χ4n) is 2.05. The molecule has 4 heteroatoms. The van der Waals surface area contributed by atoms with Crippen LogP contribution < -0.4 is 0 Å². The number of rotatable bonds is 3. The average molecular weight is 315 g/mol. The number of hydrogen-bond acceptors (Lipinski definition) is 2. The van der Waals surface area contributed by atoms with Gasteiger partial charge in [0.15, 0.2) is 0 Å². The highest BCUT2D eigenvalue weighted by Gasteiger charge is 2.06. The van der Waals surface area contributed by atoms with Gasteiger partial charge in [0.25, 0.3) is 0 Å². The molecule has 0 spiro atoms. The van der Waals surface area contributed by atoms with Crippen molar-refractivity contribution in [3.8, 4) is 11.4 Å². The van der Waals surface area contributed by atoms with Crippen LogP contribution in [0.5, 0.6) is 0 Å². The first-order valence-electron chi connectivity index (χ1n) is 5.94. The SMILES string of the molecule is O=CCc1ccc2nc(-c3cccc(Br)c3)[nH]c2c1. The molecule has 3 nitrogen and oxygen atoms in total. The van der Waals surface area contributed by atoms with Crippen LogP contribution in [0.1, 0.15) is 5.56 Å². The third kappa shape index (κ3) is 2.44. The molecule has 3 rings (SSSR count). The van der Waals surface area contributed by atoms with Crippen molar-refractivity contribution < 1.29 is 4.79 Å². The number of benzene rings is 2. The number of aromatic nitrogens is 2. The molecule has 1 heterocycles. The number of halogens is 1. The Labute approximate surface area is 118 Å². The number of H-pyrrole nitrogens is 1. The molecule has 0 aliphatic carbocycles. The van der Waals surface area contributed by atoms with Crippen LogP contribution in [-0.4, -0.2) is 16.3 Å². The van der Waals surface area contributed by atoms with Crippen LogP contribution in [0, 0.1) is 0 Å². The number of nitrogens with one attached hydrogen (secondary N) is 1. The van der Waals surface area contributed by atoms with E-state index in [4.69, 9.17) is 0 Å². The van der Waals surface area contributed by atoms with Gasteiger partial charge in [-0.05, 0) is 29.8 Å². The maximum Gasteiger partial charge on any atom is 0.138 e. The molecular weight excluding hydrogens is 304 g/mol. The summed E-state index contributed by atoms with van der Waals surface area (Å²) in [5.74, 6) is 0.833. The number of nitrogens with zero attached hydrogens (tertiary/aromatic N) is 1. The molecule has 1 aromatic heterocycles. The van der Waals surface area contributed by atoms with Crippen molar-refractivity contribution in [3.05, 3.63) is 52.5 Å². The molecule has 0 bridgehead atoms. The molecule has 0 saturated heterocycles. The van der Waals surface area contributed by atoms with Crippen molar-refractivity contribution in [2.75, 3.05) is 0 Å². The van der Waals surface area contributed by atoms with Gasteiger partial charge >= 0.3 is 0 Å². The van der Waals surface area contributed by atoms with Crippen molar-refractivity contribution >= 4 is 33.2 Å². The minimum atomic E-state index is 0.432. The molecule has 0 aliphatic heterocycles. The summed E-state index contributed by atoms with van der Waals surface area (Å²) < 4.78 is 1.02. The first-order chi connectivity index (χ1) is 9.26. The van der Waals surface area contributed by atoms with Crippen molar-refractivity contribution in [2.24, 2.45) is 0 Å². The van der Waals surface area contributed by atoms with E-state index in [1.807, 2.05) is 42.5 Å². The van der Waals surface area contributed by atoms with Crippen LogP contribution in [0.15, 0.2) is 46.9 Å². The summed E-state index contributed by atoms with van der Waals surface area (Å²) in [5.41, 5.74) is 3.88. The van der Waals surface area contributed by atoms with E-state index in [-0.39, 0.29) is 0 Å². The van der Waals surface area contributed by atoms with Gasteiger partial charge in [0, 0.05) is 16.5 Å². The molecule has 94 valence electrons. The number of hydrogen-bond donors (Lipinski definition) is 1. The standard InChI is InChI=1S/C15H11BrN2O/c16-12-3-1-2-11(9-12)15-17-13-5-4-10(6-7-19)8-14(13)18-15/h1-5,7-9H,6H2,(H,17,18). The van der Waals surface area contributed by atoms with Gasteiger partial charge in [-0.15, -0.1) is 0 Å². The number of aldehydes is 1. The number of carbonyl (C=O) groups excluding carboxylic acids is 1. The molecule has 1 N–H and O–H groups in total. The molecule has 0 unspecified atom stereocenters. The van der Waals surface area contributed by atoms with E-state index in [2.05, 4.69) is 25.9 Å². The second-order valence-electron chi connectivity index (χ2n) is 4.32. The minimum absolute atomic E-state index is 0.432. The fourth-order valence-corrected chi connectivity index (χ4v) is 2.45. The minimum Gasteiger partial charge on any atom is -0.338 e. The van der Waals surface area contributed by atoms with Gasteiger partial charge in [-0.1, -0.05) is 34.1 Å². The van der Waals surface area contributed by atoms with E-state index in [1.165, 1.54) is 0 Å². The van der Waals surface area contributed by atoms with Gasteiger partial charge in [0.05, 0.1) is 11.0 Å². The van der Waals surface area contributed by atoms with E-state index < -0.39 is 0 Å². The van der Waals surface area contributed by atoms with Crippen LogP contribution >= 0.6 is 15.9 Å². The van der Waals surface area contributed by atoms with Crippen molar-refractivity contribution in [3.63, 3.8) is 0 Å². The van der Waals surface area contributed by atoms with Gasteiger partial charge in [-0.25, -0.2) is 4.98 Å². The van der Waals surface area contributed by atoms with Gasteiger partial charge in [-0.3, -0.25) is 0 Å². The first-order valence-corrected chi connectivity index (χ1v) is 6.74. The van der Waals surface area contributed by atoms with Crippen molar-refractivity contribution in [1.29, 1.82) is 0 Å². The highest BCUT2D eigenvalue weighted by molar-refractivity contribution is 9.10. The lowest BCUT2D eigenvalue weighted by Crippen LogP contribution is -1.84. The van der Waals surface area contributed by atoms with Gasteiger partial charge < -0.3 is 9.78 Å². The monoisotopic (exact) mass is 314 g/mol. The smallest absolute Gasteiger partial charge is 0.138 e. The Morgan fingerprint density at radius 3 is 2.89 bits per heavy atom. The lowest BCUT2D eigenvalue weighted by molar-refractivity contribution is -0.107. The maximum atomic E-state index is 10.5. The van der Waals surface area contributed by atoms with E-state index >= 15 is 0 Å². The molecule has 0 atom stereocenters. The number of carbonyl (C=O) groups is 1. The van der Waals surface area contributed by atoms with Crippen LogP contribution in [-0.2, 0) is 11.2 Å². The summed E-state index contributed by atoms with van der Waals surface area (Å²) in [4.78, 5) is 18.4. The summed E-state index contributed by atoms with van der Waals surface area (Å²) in [6, 6.07) is 13.8. The second-order valence-corrected chi connectivity index (χ2v) is 5.23. The van der Waals surface area contributed by atoms with Crippen LogP contribution in [0.4, 0.5) is 0 Å². The summed E-state index contributed by atoms with van der Waals surface area (Å²) in [5, 5.41) is 0. The van der Waals surface area contributed by atoms with Crippen LogP contribution in [0.3, 0.4) is 0 Å². The second kappa shape index (κ2) is 4.97. The quantitative estimate of drug-likeness (QED) is 0.749. The molecule has 0 aliphatic rings. The Kier molecular flexibility index (Phi) is 3.17. The molecule has 3 aromatic rings. The third-order valence-electron chi connectivity index (χ3n) is 2.96. The number of aromatic amines is 1. The summed E-state index contributed by atoms with van der Waals surface area (Å²) in [6.45, 7) is 0. The number of imidazole rings is 1. The third-order valence-corrected chi connectivity index (χ3v) is 3.46. The highest BCUT2D eigenvalue weighted by atomic mass is 79.9.